The van der Waals surface area contributed by atoms with Crippen LogP contribution in [0.3, 0.4) is 0 Å². The van der Waals surface area contributed by atoms with Gasteiger partial charge in [0.05, 0.1) is 0 Å². The van der Waals surface area contributed by atoms with Gasteiger partial charge >= 0.3 is 0 Å². The third-order valence-electron chi connectivity index (χ3n) is 2.74. The minimum Gasteiger partial charge on any atom is -0.0696 e. The zero-order valence-electron chi connectivity index (χ0n) is 10.6. The first-order valence-corrected chi connectivity index (χ1v) is 6.20. The maximum atomic E-state index is 3.13. The van der Waals surface area contributed by atoms with E-state index in [9.17, 15) is 0 Å². The van der Waals surface area contributed by atoms with Crippen LogP contribution < -0.4 is 0 Å². The molecule has 0 heteroatoms. The molecule has 0 N–H and O–H groups in total. The van der Waals surface area contributed by atoms with E-state index in [1.807, 2.05) is 30.4 Å². The molecular weight excluding hydrogens is 216 g/mol. The maximum absolute atomic E-state index is 3.13. The van der Waals surface area contributed by atoms with E-state index in [2.05, 4.69) is 55.2 Å². The summed E-state index contributed by atoms with van der Waals surface area (Å²) in [5.41, 5.74) is 3.58. The Kier molecular flexibility index (Phi) is 4.39. The molecule has 2 aromatic rings. The Morgan fingerprint density at radius 1 is 0.944 bits per heavy atom. The van der Waals surface area contributed by atoms with Crippen molar-refractivity contribution in [1.29, 1.82) is 0 Å². The van der Waals surface area contributed by atoms with Gasteiger partial charge in [-0.2, -0.15) is 0 Å². The van der Waals surface area contributed by atoms with Gasteiger partial charge < -0.3 is 0 Å². The first kappa shape index (κ1) is 12.2. The fourth-order valence-electron chi connectivity index (χ4n) is 1.65. The number of benzene rings is 2. The zero-order chi connectivity index (χ0) is 12.6. The first-order chi connectivity index (χ1) is 8.88. The highest BCUT2D eigenvalue weighted by atomic mass is 13.9. The van der Waals surface area contributed by atoms with Crippen LogP contribution in [-0.2, 0) is 6.42 Å². The number of allylic oxidation sites excluding steroid dienone is 1. The van der Waals surface area contributed by atoms with Crippen LogP contribution in [0.5, 0.6) is 0 Å². The van der Waals surface area contributed by atoms with E-state index in [1.165, 1.54) is 11.1 Å². The number of hydrogen-bond donors (Lipinski definition) is 0. The summed E-state index contributed by atoms with van der Waals surface area (Å²) in [6, 6.07) is 18.6. The van der Waals surface area contributed by atoms with E-state index in [1.54, 1.807) is 0 Å². The molecule has 0 radical (unpaired) electrons. The van der Waals surface area contributed by atoms with Gasteiger partial charge in [0.15, 0.2) is 0 Å². The molecule has 0 aliphatic rings. The Labute approximate surface area is 109 Å². The predicted octanol–water partition coefficient (Wildman–Crippen LogP) is 4.31. The van der Waals surface area contributed by atoms with Crippen LogP contribution in [0, 0.1) is 11.8 Å². The molecule has 18 heavy (non-hydrogen) atoms. The van der Waals surface area contributed by atoms with Gasteiger partial charge in [0.25, 0.3) is 0 Å². The fourth-order valence-corrected chi connectivity index (χ4v) is 1.65. The van der Waals surface area contributed by atoms with E-state index in [0.717, 1.165) is 12.0 Å². The molecule has 0 amide bonds. The minimum absolute atomic E-state index is 1.06. The van der Waals surface area contributed by atoms with Crippen molar-refractivity contribution in [2.24, 2.45) is 0 Å². The Morgan fingerprint density at radius 2 is 1.67 bits per heavy atom. The van der Waals surface area contributed by atoms with Crippen molar-refractivity contribution >= 4 is 6.08 Å². The van der Waals surface area contributed by atoms with Crippen LogP contribution in [0.1, 0.15) is 23.6 Å². The quantitative estimate of drug-likeness (QED) is 0.677. The molecule has 2 rings (SSSR count). The standard InChI is InChI=1S/C18H16/c1-2-16-12-14-18(15-13-16)11-7-6-10-17-8-4-3-5-9-17/h3-6,8-10,12-15H,2H2,1H3/b10-6+. The van der Waals surface area contributed by atoms with Gasteiger partial charge in [-0.05, 0) is 41.8 Å². The lowest BCUT2D eigenvalue weighted by atomic mass is 10.1. The van der Waals surface area contributed by atoms with Crippen molar-refractivity contribution in [3.63, 3.8) is 0 Å². The topological polar surface area (TPSA) is 0 Å². The van der Waals surface area contributed by atoms with E-state index in [4.69, 9.17) is 0 Å². The van der Waals surface area contributed by atoms with Crippen molar-refractivity contribution in [3.05, 3.63) is 77.4 Å². The summed E-state index contributed by atoms with van der Waals surface area (Å²) in [6.45, 7) is 2.16. The highest BCUT2D eigenvalue weighted by molar-refractivity contribution is 5.53. The van der Waals surface area contributed by atoms with E-state index in [0.29, 0.717) is 0 Å². The molecule has 0 aliphatic heterocycles. The van der Waals surface area contributed by atoms with Gasteiger partial charge in [0.1, 0.15) is 0 Å². The van der Waals surface area contributed by atoms with E-state index < -0.39 is 0 Å². The number of hydrogen-bond acceptors (Lipinski definition) is 0. The van der Waals surface area contributed by atoms with Crippen molar-refractivity contribution < 1.29 is 0 Å². The third-order valence-corrected chi connectivity index (χ3v) is 2.74. The van der Waals surface area contributed by atoms with Crippen LogP contribution in [0.4, 0.5) is 0 Å². The molecule has 0 spiro atoms. The zero-order valence-corrected chi connectivity index (χ0v) is 10.6. The highest BCUT2D eigenvalue weighted by Crippen LogP contribution is 2.04. The molecule has 0 heterocycles. The number of rotatable bonds is 2. The Balaban J connectivity index is 2.01. The van der Waals surface area contributed by atoms with Crippen molar-refractivity contribution in [2.45, 2.75) is 13.3 Å². The summed E-state index contributed by atoms with van der Waals surface area (Å²) < 4.78 is 0. The lowest BCUT2D eigenvalue weighted by Crippen LogP contribution is -1.79. The van der Waals surface area contributed by atoms with Crippen LogP contribution in [-0.4, -0.2) is 0 Å². The van der Waals surface area contributed by atoms with Crippen molar-refractivity contribution in [2.75, 3.05) is 0 Å². The van der Waals surface area contributed by atoms with Crippen LogP contribution in [0.25, 0.3) is 6.08 Å². The van der Waals surface area contributed by atoms with Crippen molar-refractivity contribution in [1.82, 2.24) is 0 Å². The Hall–Kier alpha value is -2.26. The second-order valence-electron chi connectivity index (χ2n) is 4.06. The van der Waals surface area contributed by atoms with Crippen LogP contribution in [0.2, 0.25) is 0 Å². The van der Waals surface area contributed by atoms with Gasteiger partial charge in [-0.15, -0.1) is 0 Å². The summed E-state index contributed by atoms with van der Waals surface area (Å²) in [6.07, 6.45) is 4.98. The van der Waals surface area contributed by atoms with Gasteiger partial charge in [0, 0.05) is 5.56 Å². The lowest BCUT2D eigenvalue weighted by Gasteiger charge is -1.94. The van der Waals surface area contributed by atoms with E-state index in [-0.39, 0.29) is 0 Å². The third kappa shape index (κ3) is 3.64. The SMILES string of the molecule is CCc1ccc(C#C/C=C/c2ccccc2)cc1. The molecule has 0 fully saturated rings. The Bertz CT molecular complexity index is 563. The lowest BCUT2D eigenvalue weighted by molar-refractivity contribution is 1.14. The smallest absolute Gasteiger partial charge is 0.0249 e. The minimum atomic E-state index is 1.06. The normalized spacial score (nSPS) is 10.1. The summed E-state index contributed by atoms with van der Waals surface area (Å²) in [5, 5.41) is 0. The molecule has 0 aromatic heterocycles. The molecule has 0 bridgehead atoms. The molecule has 0 atom stereocenters. The van der Waals surface area contributed by atoms with Gasteiger partial charge in [-0.1, -0.05) is 61.2 Å². The summed E-state index contributed by atoms with van der Waals surface area (Å²) in [5.74, 6) is 6.19. The van der Waals surface area contributed by atoms with E-state index >= 15 is 0 Å². The molecule has 88 valence electrons. The maximum Gasteiger partial charge on any atom is 0.0249 e. The average Bonchev–Trinajstić information content (AvgIpc) is 2.45. The van der Waals surface area contributed by atoms with Gasteiger partial charge in [-0.3, -0.25) is 0 Å². The molecule has 0 unspecified atom stereocenters. The largest absolute Gasteiger partial charge is 0.0696 e. The fraction of sp³-hybridized carbons (Fsp3) is 0.111. The monoisotopic (exact) mass is 232 g/mol. The molecular formula is C18H16. The molecule has 0 saturated heterocycles. The van der Waals surface area contributed by atoms with Crippen LogP contribution in [0.15, 0.2) is 60.7 Å². The first-order valence-electron chi connectivity index (χ1n) is 6.20. The van der Waals surface area contributed by atoms with Gasteiger partial charge in [-0.25, -0.2) is 0 Å². The van der Waals surface area contributed by atoms with Crippen molar-refractivity contribution in [3.8, 4) is 11.8 Å². The van der Waals surface area contributed by atoms with Crippen LogP contribution >= 0.6 is 0 Å². The van der Waals surface area contributed by atoms with Gasteiger partial charge in [0.2, 0.25) is 0 Å². The number of aryl methyl sites for hydroxylation is 1. The molecule has 0 nitrogen and oxygen atoms in total. The average molecular weight is 232 g/mol. The molecule has 0 aliphatic carbocycles. The predicted molar refractivity (Wildman–Crippen MR) is 78.2 cm³/mol. The highest BCUT2D eigenvalue weighted by Gasteiger charge is 1.88. The Morgan fingerprint density at radius 3 is 2.33 bits per heavy atom. The molecule has 0 saturated carbocycles. The summed E-state index contributed by atoms with van der Waals surface area (Å²) in [4.78, 5) is 0. The second-order valence-corrected chi connectivity index (χ2v) is 4.06. The summed E-state index contributed by atoms with van der Waals surface area (Å²) >= 11 is 0. The summed E-state index contributed by atoms with van der Waals surface area (Å²) in [7, 11) is 0. The molecule has 2 aromatic carbocycles. The second kappa shape index (κ2) is 6.47.